The van der Waals surface area contributed by atoms with Gasteiger partial charge in [0.1, 0.15) is 5.75 Å². The standard InChI is InChI=1S/C24H30ClN5O/c1-17(2)31-21-11-9-20(10-12-21)28-23-16-27-24(26-13-14-30(3)4)29-22(23)15-18-5-7-19(25)8-6-18/h5-12,16-17,28H,13-15H2,1-4H3,(H,26,27,29). The summed E-state index contributed by atoms with van der Waals surface area (Å²) in [4.78, 5) is 11.4. The Kier molecular flexibility index (Phi) is 8.09. The minimum Gasteiger partial charge on any atom is -0.491 e. The van der Waals surface area contributed by atoms with Crippen LogP contribution in [-0.2, 0) is 6.42 Å². The molecule has 0 radical (unpaired) electrons. The van der Waals surface area contributed by atoms with Crippen molar-refractivity contribution in [2.24, 2.45) is 0 Å². The van der Waals surface area contributed by atoms with Crippen LogP contribution in [-0.4, -0.2) is 48.2 Å². The smallest absolute Gasteiger partial charge is 0.223 e. The number of rotatable bonds is 10. The molecular weight excluding hydrogens is 410 g/mol. The van der Waals surface area contributed by atoms with E-state index in [0.29, 0.717) is 12.4 Å². The highest BCUT2D eigenvalue weighted by Gasteiger charge is 2.10. The van der Waals surface area contributed by atoms with Crippen LogP contribution in [0.3, 0.4) is 0 Å². The number of hydrogen-bond acceptors (Lipinski definition) is 6. The maximum absolute atomic E-state index is 6.04. The van der Waals surface area contributed by atoms with E-state index in [1.54, 1.807) is 0 Å². The predicted molar refractivity (Wildman–Crippen MR) is 129 cm³/mol. The number of nitrogens with one attached hydrogen (secondary N) is 2. The molecule has 0 fully saturated rings. The summed E-state index contributed by atoms with van der Waals surface area (Å²) < 4.78 is 5.73. The Morgan fingerprint density at radius 3 is 2.39 bits per heavy atom. The number of likely N-dealkylation sites (N-methyl/N-ethyl adjacent to an activating group) is 1. The van der Waals surface area contributed by atoms with Gasteiger partial charge < -0.3 is 20.3 Å². The van der Waals surface area contributed by atoms with Crippen molar-refractivity contribution in [3.8, 4) is 5.75 Å². The zero-order valence-corrected chi connectivity index (χ0v) is 19.3. The van der Waals surface area contributed by atoms with Crippen LogP contribution in [0.4, 0.5) is 17.3 Å². The van der Waals surface area contributed by atoms with E-state index in [2.05, 4.69) is 20.5 Å². The maximum Gasteiger partial charge on any atom is 0.223 e. The lowest BCUT2D eigenvalue weighted by molar-refractivity contribution is 0.242. The second kappa shape index (κ2) is 11.0. The van der Waals surface area contributed by atoms with Crippen molar-refractivity contribution in [1.82, 2.24) is 14.9 Å². The molecule has 0 amide bonds. The van der Waals surface area contributed by atoms with Gasteiger partial charge in [0.2, 0.25) is 5.95 Å². The molecule has 2 aromatic carbocycles. The number of nitrogens with zero attached hydrogens (tertiary/aromatic N) is 3. The first-order chi connectivity index (χ1) is 14.9. The number of benzene rings is 2. The number of anilines is 3. The van der Waals surface area contributed by atoms with Crippen molar-refractivity contribution >= 4 is 28.9 Å². The molecule has 1 aromatic heterocycles. The number of halogens is 1. The van der Waals surface area contributed by atoms with Crippen LogP contribution in [0.2, 0.25) is 5.02 Å². The van der Waals surface area contributed by atoms with Gasteiger partial charge in [-0.25, -0.2) is 9.97 Å². The molecule has 0 saturated heterocycles. The zero-order valence-electron chi connectivity index (χ0n) is 18.5. The van der Waals surface area contributed by atoms with Crippen molar-refractivity contribution in [3.05, 3.63) is 71.0 Å². The minimum atomic E-state index is 0.144. The third-order valence-electron chi connectivity index (χ3n) is 4.50. The van der Waals surface area contributed by atoms with Crippen molar-refractivity contribution in [1.29, 1.82) is 0 Å². The first-order valence-corrected chi connectivity index (χ1v) is 10.8. The third-order valence-corrected chi connectivity index (χ3v) is 4.75. The summed E-state index contributed by atoms with van der Waals surface area (Å²) in [6, 6.07) is 15.7. The molecule has 3 aromatic rings. The Labute approximate surface area is 189 Å². The van der Waals surface area contributed by atoms with Gasteiger partial charge in [0.05, 0.1) is 23.7 Å². The van der Waals surface area contributed by atoms with E-state index in [1.165, 1.54) is 0 Å². The van der Waals surface area contributed by atoms with Crippen molar-refractivity contribution in [2.75, 3.05) is 37.8 Å². The first-order valence-electron chi connectivity index (χ1n) is 10.4. The molecule has 0 bridgehead atoms. The molecule has 2 N–H and O–H groups in total. The summed E-state index contributed by atoms with van der Waals surface area (Å²) in [5, 5.41) is 7.46. The van der Waals surface area contributed by atoms with Crippen LogP contribution < -0.4 is 15.4 Å². The van der Waals surface area contributed by atoms with Gasteiger partial charge in [-0.3, -0.25) is 0 Å². The number of aromatic nitrogens is 2. The van der Waals surface area contributed by atoms with Gasteiger partial charge in [-0.1, -0.05) is 23.7 Å². The normalized spacial score (nSPS) is 11.1. The largest absolute Gasteiger partial charge is 0.491 e. The molecule has 0 saturated carbocycles. The van der Waals surface area contributed by atoms with Crippen LogP contribution in [0.25, 0.3) is 0 Å². The molecule has 0 aliphatic carbocycles. The quantitative estimate of drug-likeness (QED) is 0.451. The molecule has 164 valence electrons. The molecule has 1 heterocycles. The molecule has 7 heteroatoms. The molecular formula is C24H30ClN5O. The average Bonchev–Trinajstić information content (AvgIpc) is 2.72. The third kappa shape index (κ3) is 7.42. The van der Waals surface area contributed by atoms with E-state index in [0.717, 1.165) is 46.5 Å². The lowest BCUT2D eigenvalue weighted by atomic mass is 10.1. The summed E-state index contributed by atoms with van der Waals surface area (Å²) in [5.74, 6) is 1.47. The SMILES string of the molecule is CC(C)Oc1ccc(Nc2cnc(NCCN(C)C)nc2Cc2ccc(Cl)cc2)cc1. The summed E-state index contributed by atoms with van der Waals surface area (Å²) in [6.07, 6.45) is 2.64. The summed E-state index contributed by atoms with van der Waals surface area (Å²) in [6.45, 7) is 5.71. The Balaban J connectivity index is 1.80. The minimum absolute atomic E-state index is 0.144. The van der Waals surface area contributed by atoms with Gasteiger partial charge >= 0.3 is 0 Å². The lowest BCUT2D eigenvalue weighted by Gasteiger charge is -2.15. The fraction of sp³-hybridized carbons (Fsp3) is 0.333. The number of hydrogen-bond donors (Lipinski definition) is 2. The zero-order chi connectivity index (χ0) is 22.2. The van der Waals surface area contributed by atoms with Gasteiger partial charge in [-0.2, -0.15) is 0 Å². The fourth-order valence-corrected chi connectivity index (χ4v) is 3.10. The second-order valence-corrected chi connectivity index (χ2v) is 8.34. The molecule has 0 spiro atoms. The highest BCUT2D eigenvalue weighted by Crippen LogP contribution is 2.25. The Bertz CT molecular complexity index is 959. The maximum atomic E-state index is 6.04. The molecule has 3 rings (SSSR count). The Morgan fingerprint density at radius 2 is 1.74 bits per heavy atom. The summed E-state index contributed by atoms with van der Waals surface area (Å²) in [7, 11) is 4.08. The average molecular weight is 440 g/mol. The monoisotopic (exact) mass is 439 g/mol. The molecule has 0 aliphatic rings. The van der Waals surface area contributed by atoms with E-state index < -0.39 is 0 Å². The van der Waals surface area contributed by atoms with Crippen molar-refractivity contribution in [3.63, 3.8) is 0 Å². The van der Waals surface area contributed by atoms with Gasteiger partial charge in [0.15, 0.2) is 0 Å². The molecule has 6 nitrogen and oxygen atoms in total. The number of ether oxygens (including phenoxy) is 1. The van der Waals surface area contributed by atoms with Crippen LogP contribution in [0.15, 0.2) is 54.7 Å². The van der Waals surface area contributed by atoms with Gasteiger partial charge in [0.25, 0.3) is 0 Å². The van der Waals surface area contributed by atoms with Gasteiger partial charge in [-0.15, -0.1) is 0 Å². The highest BCUT2D eigenvalue weighted by atomic mass is 35.5. The summed E-state index contributed by atoms with van der Waals surface area (Å²) in [5.41, 5.74) is 3.86. The van der Waals surface area contributed by atoms with Crippen LogP contribution in [0.5, 0.6) is 5.75 Å². The molecule has 0 unspecified atom stereocenters. The highest BCUT2D eigenvalue weighted by molar-refractivity contribution is 6.30. The van der Waals surface area contributed by atoms with Crippen LogP contribution in [0.1, 0.15) is 25.1 Å². The van der Waals surface area contributed by atoms with Crippen LogP contribution >= 0.6 is 11.6 Å². The fourth-order valence-electron chi connectivity index (χ4n) is 2.97. The molecule has 0 atom stereocenters. The summed E-state index contributed by atoms with van der Waals surface area (Å²) >= 11 is 6.04. The molecule has 0 aliphatic heterocycles. The van der Waals surface area contributed by atoms with E-state index >= 15 is 0 Å². The van der Waals surface area contributed by atoms with Crippen molar-refractivity contribution in [2.45, 2.75) is 26.4 Å². The van der Waals surface area contributed by atoms with E-state index in [-0.39, 0.29) is 6.10 Å². The Hall–Kier alpha value is -2.83. The second-order valence-electron chi connectivity index (χ2n) is 7.90. The van der Waals surface area contributed by atoms with Gasteiger partial charge in [0, 0.05) is 30.2 Å². The van der Waals surface area contributed by atoms with E-state index in [4.69, 9.17) is 21.3 Å². The predicted octanol–water partition coefficient (Wildman–Crippen LogP) is 5.23. The Morgan fingerprint density at radius 1 is 1.03 bits per heavy atom. The lowest BCUT2D eigenvalue weighted by Crippen LogP contribution is -2.21. The topological polar surface area (TPSA) is 62.3 Å². The van der Waals surface area contributed by atoms with Crippen LogP contribution in [0, 0.1) is 0 Å². The van der Waals surface area contributed by atoms with Crippen molar-refractivity contribution < 1.29 is 4.74 Å². The van der Waals surface area contributed by atoms with E-state index in [1.807, 2.05) is 82.7 Å². The van der Waals surface area contributed by atoms with E-state index in [9.17, 15) is 0 Å². The first kappa shape index (κ1) is 22.8. The van der Waals surface area contributed by atoms with Gasteiger partial charge in [-0.05, 0) is 69.9 Å². The molecule has 31 heavy (non-hydrogen) atoms.